The molecule has 0 spiro atoms. The van der Waals surface area contributed by atoms with Gasteiger partial charge in [0.05, 0.1) is 23.5 Å². The van der Waals surface area contributed by atoms with E-state index in [4.69, 9.17) is 4.74 Å². The van der Waals surface area contributed by atoms with Crippen molar-refractivity contribution in [1.29, 1.82) is 0 Å². The largest absolute Gasteiger partial charge is 0.388 e. The van der Waals surface area contributed by atoms with Crippen molar-refractivity contribution in [2.45, 2.75) is 39.1 Å². The predicted octanol–water partition coefficient (Wildman–Crippen LogP) is 0.461. The molecule has 1 amide bonds. The zero-order chi connectivity index (χ0) is 16.4. The van der Waals surface area contributed by atoms with Crippen LogP contribution in [0.4, 0.5) is 5.95 Å². The van der Waals surface area contributed by atoms with Gasteiger partial charge in [-0.05, 0) is 20.8 Å². The second-order valence-electron chi connectivity index (χ2n) is 6.06. The fourth-order valence-corrected chi connectivity index (χ4v) is 2.46. The number of ether oxygens (including phenoxy) is 1. The summed E-state index contributed by atoms with van der Waals surface area (Å²) in [5.74, 6) is 0.397. The number of rotatable bonds is 4. The molecule has 1 N–H and O–H groups in total. The highest BCUT2D eigenvalue weighted by atomic mass is 16.5. The average molecular weight is 308 g/mol. The Kier molecular flexibility index (Phi) is 4.97. The first-order valence-electron chi connectivity index (χ1n) is 7.43. The molecule has 1 aliphatic heterocycles. The van der Waals surface area contributed by atoms with E-state index in [9.17, 15) is 9.90 Å². The van der Waals surface area contributed by atoms with E-state index in [1.165, 1.54) is 0 Å². The van der Waals surface area contributed by atoms with Crippen LogP contribution in [0.3, 0.4) is 0 Å². The van der Waals surface area contributed by atoms with Gasteiger partial charge in [0.15, 0.2) is 0 Å². The Bertz CT molecular complexity index is 548. The molecule has 1 aliphatic rings. The molecule has 0 unspecified atom stereocenters. The molecule has 2 rings (SSSR count). The summed E-state index contributed by atoms with van der Waals surface area (Å²) in [7, 11) is 3.70. The van der Waals surface area contributed by atoms with Crippen molar-refractivity contribution in [2.75, 3.05) is 32.1 Å². The Labute approximate surface area is 130 Å². The van der Waals surface area contributed by atoms with Crippen LogP contribution in [0.5, 0.6) is 0 Å². The Hall–Kier alpha value is -1.73. The average Bonchev–Trinajstić information content (AvgIpc) is 2.78. The minimum absolute atomic E-state index is 0.0131. The van der Waals surface area contributed by atoms with Crippen LogP contribution in [0.25, 0.3) is 0 Å². The molecule has 122 valence electrons. The predicted molar refractivity (Wildman–Crippen MR) is 83.0 cm³/mol. The van der Waals surface area contributed by atoms with Crippen LogP contribution in [0.15, 0.2) is 6.20 Å². The van der Waals surface area contributed by atoms with E-state index in [0.29, 0.717) is 23.8 Å². The summed E-state index contributed by atoms with van der Waals surface area (Å²) in [5.41, 5.74) is 1.09. The van der Waals surface area contributed by atoms with E-state index in [-0.39, 0.29) is 24.7 Å². The number of nitrogens with zero attached hydrogens (tertiary/aromatic N) is 4. The van der Waals surface area contributed by atoms with Crippen LogP contribution in [0.2, 0.25) is 0 Å². The molecule has 1 saturated heterocycles. The maximum absolute atomic E-state index is 12.6. The second-order valence-corrected chi connectivity index (χ2v) is 6.06. The van der Waals surface area contributed by atoms with Gasteiger partial charge < -0.3 is 19.6 Å². The zero-order valence-electron chi connectivity index (χ0n) is 13.8. The molecule has 7 nitrogen and oxygen atoms in total. The number of β-amino-alcohol motifs (C(OH)–C–C–N with tert-alkyl or cyclic N) is 1. The molecule has 22 heavy (non-hydrogen) atoms. The molecule has 1 fully saturated rings. The van der Waals surface area contributed by atoms with Crippen LogP contribution < -0.4 is 4.90 Å². The molecular weight excluding hydrogens is 284 g/mol. The summed E-state index contributed by atoms with van der Waals surface area (Å²) in [5, 5.41) is 10.0. The third-order valence-corrected chi connectivity index (χ3v) is 3.57. The first kappa shape index (κ1) is 16.6. The first-order valence-corrected chi connectivity index (χ1v) is 7.43. The minimum Gasteiger partial charge on any atom is -0.388 e. The molecule has 2 heterocycles. The molecule has 0 radical (unpaired) electrons. The number of aryl methyl sites for hydroxylation is 1. The summed E-state index contributed by atoms with van der Waals surface area (Å²) in [4.78, 5) is 24.5. The van der Waals surface area contributed by atoms with E-state index in [2.05, 4.69) is 9.97 Å². The van der Waals surface area contributed by atoms with E-state index in [1.54, 1.807) is 22.9 Å². The van der Waals surface area contributed by atoms with Gasteiger partial charge in [0, 0.05) is 33.4 Å². The number of carbonyl (C=O) groups is 1. The van der Waals surface area contributed by atoms with E-state index < -0.39 is 6.10 Å². The lowest BCUT2D eigenvalue weighted by molar-refractivity contribution is -0.0394. The summed E-state index contributed by atoms with van der Waals surface area (Å²) in [6, 6.07) is 0. The van der Waals surface area contributed by atoms with Gasteiger partial charge in [0.1, 0.15) is 6.10 Å². The number of anilines is 1. The van der Waals surface area contributed by atoms with Gasteiger partial charge in [0.25, 0.3) is 5.91 Å². The van der Waals surface area contributed by atoms with Crippen LogP contribution in [0, 0.1) is 6.92 Å². The number of aliphatic hydroxyl groups is 1. The Morgan fingerprint density at radius 1 is 1.45 bits per heavy atom. The number of likely N-dealkylation sites (tertiary alicyclic amines) is 1. The van der Waals surface area contributed by atoms with E-state index in [1.807, 2.05) is 27.9 Å². The Balaban J connectivity index is 2.12. The van der Waals surface area contributed by atoms with Crippen LogP contribution in [-0.4, -0.2) is 71.4 Å². The van der Waals surface area contributed by atoms with Crippen molar-refractivity contribution in [1.82, 2.24) is 14.9 Å². The number of amides is 1. The van der Waals surface area contributed by atoms with Crippen molar-refractivity contribution < 1.29 is 14.6 Å². The van der Waals surface area contributed by atoms with E-state index in [0.717, 1.165) is 0 Å². The lowest BCUT2D eigenvalue weighted by Gasteiger charge is -2.19. The van der Waals surface area contributed by atoms with Crippen LogP contribution >= 0.6 is 0 Å². The van der Waals surface area contributed by atoms with Crippen molar-refractivity contribution in [3.05, 3.63) is 17.5 Å². The minimum atomic E-state index is -0.659. The molecule has 1 aromatic rings. The first-order chi connectivity index (χ1) is 10.3. The lowest BCUT2D eigenvalue weighted by atomic mass is 10.2. The quantitative estimate of drug-likeness (QED) is 0.870. The van der Waals surface area contributed by atoms with Gasteiger partial charge in [-0.3, -0.25) is 4.79 Å². The fraction of sp³-hybridized carbons (Fsp3) is 0.667. The zero-order valence-corrected chi connectivity index (χ0v) is 13.8. The third kappa shape index (κ3) is 3.53. The van der Waals surface area contributed by atoms with Crippen LogP contribution in [-0.2, 0) is 4.74 Å². The van der Waals surface area contributed by atoms with Gasteiger partial charge >= 0.3 is 0 Å². The maximum Gasteiger partial charge on any atom is 0.257 e. The lowest BCUT2D eigenvalue weighted by Crippen LogP contribution is -2.31. The molecule has 0 aliphatic carbocycles. The summed E-state index contributed by atoms with van der Waals surface area (Å²) >= 11 is 0. The van der Waals surface area contributed by atoms with Crippen LogP contribution in [0.1, 0.15) is 29.9 Å². The molecular formula is C15H24N4O3. The molecule has 0 aromatic carbocycles. The van der Waals surface area contributed by atoms with Gasteiger partial charge in [0.2, 0.25) is 5.95 Å². The topological polar surface area (TPSA) is 78.8 Å². The SMILES string of the molecule is Cc1nc(N(C)C)ncc1C(=O)N1C[C@H](OC(C)C)[C@@H](O)C1. The highest BCUT2D eigenvalue weighted by Crippen LogP contribution is 2.19. The van der Waals surface area contributed by atoms with E-state index >= 15 is 0 Å². The summed E-state index contributed by atoms with van der Waals surface area (Å²) in [6.07, 6.45) is 0.558. The smallest absolute Gasteiger partial charge is 0.257 e. The Morgan fingerprint density at radius 3 is 2.68 bits per heavy atom. The third-order valence-electron chi connectivity index (χ3n) is 3.57. The molecule has 7 heteroatoms. The van der Waals surface area contributed by atoms with Crippen molar-refractivity contribution in [3.8, 4) is 0 Å². The molecule has 2 atom stereocenters. The molecule has 0 bridgehead atoms. The standard InChI is InChI=1S/C15H24N4O3/c1-9(2)22-13-8-19(7-12(13)20)14(21)11-6-16-15(18(4)5)17-10(11)3/h6,9,12-13,20H,7-8H2,1-5H3/t12-,13-/m0/s1. The van der Waals surface area contributed by atoms with Gasteiger partial charge in [-0.2, -0.15) is 0 Å². The maximum atomic E-state index is 12.6. The molecule has 0 saturated carbocycles. The highest BCUT2D eigenvalue weighted by molar-refractivity contribution is 5.95. The van der Waals surface area contributed by atoms with Gasteiger partial charge in [-0.15, -0.1) is 0 Å². The number of hydrogen-bond donors (Lipinski definition) is 1. The van der Waals surface area contributed by atoms with Gasteiger partial charge in [-0.25, -0.2) is 9.97 Å². The van der Waals surface area contributed by atoms with Crippen molar-refractivity contribution in [2.24, 2.45) is 0 Å². The summed E-state index contributed by atoms with van der Waals surface area (Å²) < 4.78 is 5.64. The fourth-order valence-electron chi connectivity index (χ4n) is 2.46. The molecule has 1 aromatic heterocycles. The number of aliphatic hydroxyl groups excluding tert-OH is 1. The number of aromatic nitrogens is 2. The summed E-state index contributed by atoms with van der Waals surface area (Å²) in [6.45, 7) is 6.26. The van der Waals surface area contributed by atoms with Gasteiger partial charge in [-0.1, -0.05) is 0 Å². The number of hydrogen-bond acceptors (Lipinski definition) is 6. The monoisotopic (exact) mass is 308 g/mol. The number of carbonyl (C=O) groups excluding carboxylic acids is 1. The van der Waals surface area contributed by atoms with Crippen molar-refractivity contribution in [3.63, 3.8) is 0 Å². The normalized spacial score (nSPS) is 21.5. The Morgan fingerprint density at radius 2 is 2.14 bits per heavy atom. The highest BCUT2D eigenvalue weighted by Gasteiger charge is 2.36. The second kappa shape index (κ2) is 6.58. The van der Waals surface area contributed by atoms with Crippen molar-refractivity contribution >= 4 is 11.9 Å².